The molecule has 1 aromatic heterocycles. The molecule has 0 atom stereocenters. The third kappa shape index (κ3) is 7.08. The van der Waals surface area contributed by atoms with Gasteiger partial charge in [0.2, 0.25) is 5.84 Å². The van der Waals surface area contributed by atoms with Crippen LogP contribution in [0.4, 0.5) is 0 Å². The van der Waals surface area contributed by atoms with E-state index in [-0.39, 0.29) is 0 Å². The minimum atomic E-state index is 0.352. The van der Waals surface area contributed by atoms with Gasteiger partial charge in [-0.2, -0.15) is 4.90 Å². The van der Waals surface area contributed by atoms with Gasteiger partial charge >= 0.3 is 0 Å². The standard InChI is InChI=1S/C57H44N4/c1-39-23-25-40(26-24-39)41-31-35-47(36-32-41)61(56(58)44-13-3-2-4-14-44)57(59)45-29-27-42(28-30-45)48-15-5-7-17-50(48)51-18-8-6-16-49(51)43-33-37-46(38-34-43)60-54-21-11-9-19-52(54)53-20-10-12-22-55(53)60/h2-31,33-35,37-38,58-59H,32,36H2,1H3/p+1. The number of fused-ring (bicyclic) bond motifs is 3. The van der Waals surface area contributed by atoms with Crippen molar-refractivity contribution in [3.05, 3.63) is 240 Å². The van der Waals surface area contributed by atoms with Gasteiger partial charge in [-0.25, -0.2) is 0 Å². The van der Waals surface area contributed by atoms with Gasteiger partial charge in [-0.15, -0.1) is 0 Å². The van der Waals surface area contributed by atoms with Crippen LogP contribution in [0.1, 0.15) is 35.1 Å². The van der Waals surface area contributed by atoms with Crippen LogP contribution in [0, 0.1) is 12.3 Å². The molecule has 10 rings (SSSR count). The van der Waals surface area contributed by atoms with E-state index in [1.165, 1.54) is 49.6 Å². The van der Waals surface area contributed by atoms with Crippen molar-refractivity contribution in [1.29, 1.82) is 5.41 Å². The predicted molar refractivity (Wildman–Crippen MR) is 255 cm³/mol. The van der Waals surface area contributed by atoms with Crippen LogP contribution in [0.2, 0.25) is 0 Å². The van der Waals surface area contributed by atoms with Crippen molar-refractivity contribution in [3.8, 4) is 39.1 Å². The number of benzene rings is 8. The Morgan fingerprint density at radius 2 is 0.967 bits per heavy atom. The van der Waals surface area contributed by atoms with Crippen LogP contribution in [-0.4, -0.2) is 21.1 Å². The topological polar surface area (TPSA) is 57.6 Å². The van der Waals surface area contributed by atoms with Gasteiger partial charge in [0.05, 0.1) is 16.6 Å². The first-order chi connectivity index (χ1) is 30.0. The Morgan fingerprint density at radius 3 is 1.52 bits per heavy atom. The van der Waals surface area contributed by atoms with Gasteiger partial charge in [0.25, 0.3) is 5.84 Å². The Balaban J connectivity index is 0.964. The second-order valence-corrected chi connectivity index (χ2v) is 15.7. The molecule has 1 aliphatic carbocycles. The van der Waals surface area contributed by atoms with Crippen LogP contribution < -0.4 is 5.41 Å². The second kappa shape index (κ2) is 16.1. The van der Waals surface area contributed by atoms with Crippen molar-refractivity contribution >= 4 is 39.1 Å². The molecule has 61 heavy (non-hydrogen) atoms. The summed E-state index contributed by atoms with van der Waals surface area (Å²) in [5.74, 6) is 0.882. The summed E-state index contributed by atoms with van der Waals surface area (Å²) in [4.78, 5) is 1.92. The first-order valence-electron chi connectivity index (χ1n) is 20.9. The molecule has 9 aromatic rings. The van der Waals surface area contributed by atoms with Crippen LogP contribution in [0.5, 0.6) is 0 Å². The first kappa shape index (κ1) is 37.5. The van der Waals surface area contributed by atoms with Crippen molar-refractivity contribution in [3.63, 3.8) is 0 Å². The number of hydrogen-bond donors (Lipinski definition) is 2. The van der Waals surface area contributed by atoms with Crippen LogP contribution in [0.3, 0.4) is 0 Å². The van der Waals surface area contributed by atoms with E-state index in [0.717, 1.165) is 57.6 Å². The number of nitrogens with one attached hydrogen (secondary N) is 1. The highest BCUT2D eigenvalue weighted by Gasteiger charge is 2.31. The first-order valence-corrected chi connectivity index (χ1v) is 20.9. The number of nitrogens with zero attached hydrogens (tertiary/aromatic N) is 2. The van der Waals surface area contributed by atoms with Crippen LogP contribution in [-0.2, 0) is 0 Å². The summed E-state index contributed by atoms with van der Waals surface area (Å²) >= 11 is 0. The van der Waals surface area contributed by atoms with E-state index in [0.29, 0.717) is 11.7 Å². The number of rotatable bonds is 8. The summed E-state index contributed by atoms with van der Waals surface area (Å²) in [5, 5.41) is 19.0. The van der Waals surface area contributed by atoms with E-state index in [4.69, 9.17) is 5.41 Å². The van der Waals surface area contributed by atoms with Crippen molar-refractivity contribution in [1.82, 2.24) is 9.47 Å². The minimum Gasteiger partial charge on any atom is -0.309 e. The van der Waals surface area contributed by atoms with Crippen molar-refractivity contribution in [2.75, 3.05) is 0 Å². The van der Waals surface area contributed by atoms with Crippen LogP contribution in [0.25, 0.3) is 66.4 Å². The monoisotopic (exact) mass is 785 g/mol. The quantitative estimate of drug-likeness (QED) is 0.117. The lowest BCUT2D eigenvalue weighted by atomic mass is 9.89. The van der Waals surface area contributed by atoms with Crippen LogP contribution in [0.15, 0.2) is 218 Å². The Morgan fingerprint density at radius 1 is 0.475 bits per heavy atom. The number of amidine groups is 2. The zero-order chi connectivity index (χ0) is 41.3. The molecule has 292 valence electrons. The summed E-state index contributed by atoms with van der Waals surface area (Å²) in [7, 11) is 0. The molecule has 3 N–H and O–H groups in total. The highest BCUT2D eigenvalue weighted by atomic mass is 15.2. The molecule has 0 unspecified atom stereocenters. The molecule has 4 heteroatoms. The normalized spacial score (nSPS) is 12.5. The largest absolute Gasteiger partial charge is 0.309 e. The molecule has 0 amide bonds. The van der Waals surface area contributed by atoms with Crippen molar-refractivity contribution in [2.24, 2.45) is 0 Å². The molecule has 0 spiro atoms. The highest BCUT2D eigenvalue weighted by molar-refractivity contribution is 6.13. The molecule has 0 bridgehead atoms. The van der Waals surface area contributed by atoms with Gasteiger partial charge in [-0.3, -0.25) is 10.8 Å². The summed E-state index contributed by atoms with van der Waals surface area (Å²) in [5.41, 5.74) is 16.9. The summed E-state index contributed by atoms with van der Waals surface area (Å²) in [6.45, 7) is 2.11. The zero-order valence-electron chi connectivity index (χ0n) is 34.1. The van der Waals surface area contributed by atoms with Crippen molar-refractivity contribution in [2.45, 2.75) is 19.8 Å². The maximum atomic E-state index is 9.41. The molecule has 4 nitrogen and oxygen atoms in total. The fraction of sp³-hybridized carbons (Fsp3) is 0.0526. The van der Waals surface area contributed by atoms with Gasteiger partial charge in [0.1, 0.15) is 5.70 Å². The number of hydrogen-bond acceptors (Lipinski definition) is 1. The van der Waals surface area contributed by atoms with E-state index in [9.17, 15) is 5.41 Å². The Hall–Kier alpha value is -7.82. The summed E-state index contributed by atoms with van der Waals surface area (Å²) < 4.78 is 2.36. The molecule has 0 saturated carbocycles. The highest BCUT2D eigenvalue weighted by Crippen LogP contribution is 2.39. The van der Waals surface area contributed by atoms with Gasteiger partial charge in [-0.05, 0) is 112 Å². The Kier molecular flexibility index (Phi) is 9.88. The lowest BCUT2D eigenvalue weighted by Crippen LogP contribution is -2.53. The molecule has 0 fully saturated rings. The lowest BCUT2D eigenvalue weighted by Gasteiger charge is -2.23. The molecule has 1 aliphatic rings. The third-order valence-electron chi connectivity index (χ3n) is 12.0. The fourth-order valence-electron chi connectivity index (χ4n) is 8.84. The van der Waals surface area contributed by atoms with E-state index < -0.39 is 0 Å². The average Bonchev–Trinajstić information content (AvgIpc) is 3.67. The Bertz CT molecular complexity index is 3100. The number of allylic oxidation sites excluding steroid dienone is 4. The smallest absolute Gasteiger partial charge is 0.286 e. The van der Waals surface area contributed by atoms with E-state index in [2.05, 4.69) is 194 Å². The predicted octanol–water partition coefficient (Wildman–Crippen LogP) is 12.7. The lowest BCUT2D eigenvalue weighted by molar-refractivity contribution is -0.121. The molecule has 1 heterocycles. The van der Waals surface area contributed by atoms with Crippen LogP contribution >= 0.6 is 0 Å². The molecule has 0 aliphatic heterocycles. The molecule has 0 radical (unpaired) electrons. The zero-order valence-corrected chi connectivity index (χ0v) is 34.1. The molecular formula is C57H45N4+. The van der Waals surface area contributed by atoms with E-state index >= 15 is 0 Å². The number of para-hydroxylation sites is 2. The van der Waals surface area contributed by atoms with E-state index in [1.807, 2.05) is 35.2 Å². The molecule has 8 aromatic carbocycles. The SMILES string of the molecule is Cc1ccc(C2=CC=C(N(C(=N)c3ccccc3)C(=[NH2+])c3ccc(-c4ccccc4-c4ccccc4-c4ccc(-n5c6ccccc6c6ccccc65)cc4)cc3)CC2)cc1. The summed E-state index contributed by atoms with van der Waals surface area (Å²) in [6, 6.07) is 70.6. The third-order valence-corrected chi connectivity index (χ3v) is 12.0. The van der Waals surface area contributed by atoms with Gasteiger partial charge in [0.15, 0.2) is 0 Å². The molecule has 0 saturated heterocycles. The second-order valence-electron chi connectivity index (χ2n) is 15.7. The number of aryl methyl sites for hydroxylation is 1. The maximum Gasteiger partial charge on any atom is 0.286 e. The Labute approximate surface area is 357 Å². The number of aromatic nitrogens is 1. The fourth-order valence-corrected chi connectivity index (χ4v) is 8.84. The van der Waals surface area contributed by atoms with Crippen molar-refractivity contribution < 1.29 is 5.41 Å². The van der Waals surface area contributed by atoms with Gasteiger partial charge in [0, 0.05) is 28.4 Å². The van der Waals surface area contributed by atoms with Gasteiger partial charge in [-0.1, -0.05) is 163 Å². The van der Waals surface area contributed by atoms with Gasteiger partial charge < -0.3 is 4.57 Å². The number of nitrogens with two attached hydrogens (primary N) is 1. The average molecular weight is 786 g/mol. The van der Waals surface area contributed by atoms with E-state index in [1.54, 1.807) is 0 Å². The summed E-state index contributed by atoms with van der Waals surface area (Å²) in [6.07, 6.45) is 5.94. The minimum absolute atomic E-state index is 0.352. The maximum absolute atomic E-state index is 9.41. The molecular weight excluding hydrogens is 741 g/mol.